The molecular formula is C12H14O. The monoisotopic (exact) mass is 174 g/mol. The molecule has 1 heteroatoms. The Labute approximate surface area is 78.8 Å². The largest absolute Gasteiger partial charge is 0.295 e. The van der Waals surface area contributed by atoms with Crippen molar-refractivity contribution >= 4 is 5.78 Å². The highest BCUT2D eigenvalue weighted by atomic mass is 16.1. The lowest BCUT2D eigenvalue weighted by Gasteiger charge is -2.38. The van der Waals surface area contributed by atoms with Gasteiger partial charge in [0, 0.05) is 17.4 Å². The van der Waals surface area contributed by atoms with Gasteiger partial charge in [0.25, 0.3) is 0 Å². The molecule has 0 aromatic carbocycles. The summed E-state index contributed by atoms with van der Waals surface area (Å²) in [4.78, 5) is 11.6. The lowest BCUT2D eigenvalue weighted by molar-refractivity contribution is -0.117. The topological polar surface area (TPSA) is 17.1 Å². The van der Waals surface area contributed by atoms with Gasteiger partial charge in [0.1, 0.15) is 0 Å². The molecule has 2 aliphatic carbocycles. The Bertz CT molecular complexity index is 333. The van der Waals surface area contributed by atoms with Crippen molar-refractivity contribution in [2.24, 2.45) is 5.41 Å². The molecule has 1 unspecified atom stereocenters. The van der Waals surface area contributed by atoms with Crippen LogP contribution in [0.2, 0.25) is 0 Å². The fourth-order valence-electron chi connectivity index (χ4n) is 2.17. The van der Waals surface area contributed by atoms with Crippen LogP contribution < -0.4 is 0 Å². The van der Waals surface area contributed by atoms with E-state index in [4.69, 9.17) is 0 Å². The standard InChI is InChI=1S/C12H14O/c1-9-6-7-11(13)10-5-3-4-8-12(9,10)2/h3-5H,1,6-8H2,2H3. The molecule has 0 N–H and O–H groups in total. The van der Waals surface area contributed by atoms with E-state index in [-0.39, 0.29) is 5.41 Å². The molecule has 0 bridgehead atoms. The van der Waals surface area contributed by atoms with E-state index in [9.17, 15) is 4.79 Å². The molecule has 1 saturated carbocycles. The average Bonchev–Trinajstić information content (AvgIpc) is 2.12. The van der Waals surface area contributed by atoms with E-state index >= 15 is 0 Å². The van der Waals surface area contributed by atoms with Gasteiger partial charge in [0.2, 0.25) is 0 Å². The molecule has 0 radical (unpaired) electrons. The predicted octanol–water partition coefficient (Wildman–Crippen LogP) is 2.80. The second-order valence-corrected chi connectivity index (χ2v) is 4.07. The van der Waals surface area contributed by atoms with Crippen LogP contribution in [-0.4, -0.2) is 5.78 Å². The number of fused-ring (bicyclic) bond motifs is 1. The number of hydrogen-bond donors (Lipinski definition) is 0. The maximum absolute atomic E-state index is 11.6. The fourth-order valence-corrected chi connectivity index (χ4v) is 2.17. The normalized spacial score (nSPS) is 32.8. The lowest BCUT2D eigenvalue weighted by atomic mass is 9.65. The van der Waals surface area contributed by atoms with Crippen LogP contribution in [0.3, 0.4) is 0 Å². The van der Waals surface area contributed by atoms with E-state index < -0.39 is 0 Å². The van der Waals surface area contributed by atoms with Crippen LogP contribution in [0.5, 0.6) is 0 Å². The quantitative estimate of drug-likeness (QED) is 0.516. The van der Waals surface area contributed by atoms with Gasteiger partial charge in [-0.15, -0.1) is 0 Å². The number of rotatable bonds is 0. The summed E-state index contributed by atoms with van der Waals surface area (Å²) in [5.41, 5.74) is 2.11. The van der Waals surface area contributed by atoms with E-state index in [0.29, 0.717) is 12.2 Å². The van der Waals surface area contributed by atoms with Crippen molar-refractivity contribution in [3.05, 3.63) is 36.0 Å². The summed E-state index contributed by atoms with van der Waals surface area (Å²) < 4.78 is 0. The molecule has 2 aliphatic rings. The van der Waals surface area contributed by atoms with Gasteiger partial charge in [-0.3, -0.25) is 4.79 Å². The highest BCUT2D eigenvalue weighted by Gasteiger charge is 2.38. The first-order valence-electron chi connectivity index (χ1n) is 4.73. The van der Waals surface area contributed by atoms with E-state index in [0.717, 1.165) is 18.4 Å². The highest BCUT2D eigenvalue weighted by Crippen LogP contribution is 2.46. The zero-order valence-electron chi connectivity index (χ0n) is 7.97. The second kappa shape index (κ2) is 2.69. The number of Topliss-reactive ketones (excluding diaryl/α,β-unsaturated/α-hetero) is 1. The number of ketones is 1. The Morgan fingerprint density at radius 2 is 2.23 bits per heavy atom. The number of carbonyl (C=O) groups is 1. The maximum Gasteiger partial charge on any atom is 0.160 e. The molecule has 2 rings (SSSR count). The third kappa shape index (κ3) is 1.11. The van der Waals surface area contributed by atoms with Crippen LogP contribution in [0.4, 0.5) is 0 Å². The highest BCUT2D eigenvalue weighted by molar-refractivity contribution is 5.99. The van der Waals surface area contributed by atoms with E-state index in [1.807, 2.05) is 12.2 Å². The van der Waals surface area contributed by atoms with Gasteiger partial charge >= 0.3 is 0 Å². The third-order valence-corrected chi connectivity index (χ3v) is 3.25. The van der Waals surface area contributed by atoms with Crippen LogP contribution >= 0.6 is 0 Å². The summed E-state index contributed by atoms with van der Waals surface area (Å²) in [5.74, 6) is 0.305. The minimum atomic E-state index is -0.0654. The summed E-state index contributed by atoms with van der Waals surface area (Å²) in [7, 11) is 0. The lowest BCUT2D eigenvalue weighted by Crippen LogP contribution is -2.32. The first-order valence-corrected chi connectivity index (χ1v) is 4.73. The average molecular weight is 174 g/mol. The maximum atomic E-state index is 11.6. The molecule has 68 valence electrons. The van der Waals surface area contributed by atoms with Crippen molar-refractivity contribution in [2.75, 3.05) is 0 Å². The number of carbonyl (C=O) groups excluding carboxylic acids is 1. The number of allylic oxidation sites excluding steroid dienone is 5. The Hall–Kier alpha value is -1.11. The predicted molar refractivity (Wildman–Crippen MR) is 53.3 cm³/mol. The molecule has 0 spiro atoms. The van der Waals surface area contributed by atoms with Crippen LogP contribution in [0.1, 0.15) is 26.2 Å². The number of hydrogen-bond acceptors (Lipinski definition) is 1. The zero-order valence-corrected chi connectivity index (χ0v) is 7.97. The molecule has 1 atom stereocenters. The zero-order chi connectivity index (χ0) is 9.47. The SMILES string of the molecule is C=C1CCC(=O)C2=CC=CCC12C. The van der Waals surface area contributed by atoms with Gasteiger partial charge in [-0.1, -0.05) is 37.3 Å². The van der Waals surface area contributed by atoms with Crippen molar-refractivity contribution in [1.29, 1.82) is 0 Å². The van der Waals surface area contributed by atoms with Gasteiger partial charge in [0.15, 0.2) is 5.78 Å². The van der Waals surface area contributed by atoms with E-state index in [1.165, 1.54) is 5.57 Å². The van der Waals surface area contributed by atoms with E-state index in [2.05, 4.69) is 19.6 Å². The van der Waals surface area contributed by atoms with Crippen LogP contribution in [0, 0.1) is 5.41 Å². The summed E-state index contributed by atoms with van der Waals surface area (Å²) in [6.07, 6.45) is 8.50. The van der Waals surface area contributed by atoms with Crippen LogP contribution in [0.25, 0.3) is 0 Å². The van der Waals surface area contributed by atoms with Crippen LogP contribution in [0.15, 0.2) is 36.0 Å². The second-order valence-electron chi connectivity index (χ2n) is 4.07. The third-order valence-electron chi connectivity index (χ3n) is 3.25. The first kappa shape index (κ1) is 8.49. The van der Waals surface area contributed by atoms with Gasteiger partial charge in [-0.05, 0) is 12.8 Å². The van der Waals surface area contributed by atoms with Crippen LogP contribution in [-0.2, 0) is 4.79 Å². The van der Waals surface area contributed by atoms with Gasteiger partial charge < -0.3 is 0 Å². The van der Waals surface area contributed by atoms with Crippen molar-refractivity contribution in [3.63, 3.8) is 0 Å². The summed E-state index contributed by atoms with van der Waals surface area (Å²) >= 11 is 0. The van der Waals surface area contributed by atoms with E-state index in [1.54, 1.807) is 0 Å². The molecule has 0 aromatic heterocycles. The van der Waals surface area contributed by atoms with Crippen molar-refractivity contribution < 1.29 is 4.79 Å². The molecule has 0 aromatic rings. The van der Waals surface area contributed by atoms with Gasteiger partial charge in [-0.25, -0.2) is 0 Å². The van der Waals surface area contributed by atoms with Crippen molar-refractivity contribution in [1.82, 2.24) is 0 Å². The minimum Gasteiger partial charge on any atom is -0.295 e. The molecule has 0 heterocycles. The summed E-state index contributed by atoms with van der Waals surface area (Å²) in [6, 6.07) is 0. The van der Waals surface area contributed by atoms with Gasteiger partial charge in [0.05, 0.1) is 0 Å². The molecular weight excluding hydrogens is 160 g/mol. The first-order chi connectivity index (χ1) is 6.14. The molecule has 13 heavy (non-hydrogen) atoms. The Balaban J connectivity index is 2.48. The molecule has 0 saturated heterocycles. The minimum absolute atomic E-state index is 0.0654. The molecule has 0 aliphatic heterocycles. The Morgan fingerprint density at radius 3 is 2.92 bits per heavy atom. The molecule has 1 fully saturated rings. The molecule has 0 amide bonds. The fraction of sp³-hybridized carbons (Fsp3) is 0.417. The van der Waals surface area contributed by atoms with Crippen molar-refractivity contribution in [2.45, 2.75) is 26.2 Å². The smallest absolute Gasteiger partial charge is 0.160 e. The van der Waals surface area contributed by atoms with Gasteiger partial charge in [-0.2, -0.15) is 0 Å². The Kier molecular flexibility index (Phi) is 1.76. The van der Waals surface area contributed by atoms with Crippen molar-refractivity contribution in [3.8, 4) is 0 Å². The Morgan fingerprint density at radius 1 is 1.46 bits per heavy atom. The summed E-state index contributed by atoms with van der Waals surface area (Å²) in [6.45, 7) is 6.20. The summed E-state index contributed by atoms with van der Waals surface area (Å²) in [5, 5.41) is 0. The molecule has 1 nitrogen and oxygen atoms in total.